The van der Waals surface area contributed by atoms with Crippen LogP contribution in [0, 0.1) is 46.2 Å². The Kier molecular flexibility index (Phi) is 5.05. The van der Waals surface area contributed by atoms with Crippen LogP contribution in [0.5, 0.6) is 0 Å². The van der Waals surface area contributed by atoms with Crippen LogP contribution in [0.1, 0.15) is 78.6 Å². The third-order valence-electron chi connectivity index (χ3n) is 11.1. The van der Waals surface area contributed by atoms with Gasteiger partial charge in [0, 0.05) is 5.92 Å². The molecule has 1 N–H and O–H groups in total. The van der Waals surface area contributed by atoms with Crippen molar-refractivity contribution in [2.24, 2.45) is 40.4 Å². The van der Waals surface area contributed by atoms with Crippen LogP contribution in [0.2, 0.25) is 0 Å². The number of nitrogens with zero attached hydrogens (tertiary/aromatic N) is 3. The molecule has 4 saturated carbocycles. The molecule has 0 amide bonds. The second-order valence-electron chi connectivity index (χ2n) is 12.9. The number of benzene rings is 1. The van der Waals surface area contributed by atoms with Crippen LogP contribution in [-0.2, 0) is 11.3 Å². The van der Waals surface area contributed by atoms with Crippen molar-refractivity contribution in [3.8, 4) is 0 Å². The molecule has 4 aliphatic rings. The molecule has 0 saturated heterocycles. The Morgan fingerprint density at radius 3 is 2.68 bits per heavy atom. The summed E-state index contributed by atoms with van der Waals surface area (Å²) >= 11 is 0. The topological polar surface area (TPSA) is 68.0 Å². The van der Waals surface area contributed by atoms with Gasteiger partial charge in [-0.25, -0.2) is 9.07 Å². The second kappa shape index (κ2) is 7.59. The zero-order valence-electron chi connectivity index (χ0n) is 20.8. The Morgan fingerprint density at radius 2 is 1.85 bits per heavy atom. The third kappa shape index (κ3) is 3.23. The molecule has 1 heterocycles. The largest absolute Gasteiger partial charge is 0.390 e. The van der Waals surface area contributed by atoms with E-state index in [1.165, 1.54) is 25.3 Å². The quantitative estimate of drug-likeness (QED) is 0.643. The molecule has 34 heavy (non-hydrogen) atoms. The van der Waals surface area contributed by atoms with E-state index in [4.69, 9.17) is 0 Å². The molecule has 0 radical (unpaired) electrons. The highest BCUT2D eigenvalue weighted by Gasteiger charge is 2.61. The maximum Gasteiger partial charge on any atom is 0.157 e. The van der Waals surface area contributed by atoms with E-state index in [1.807, 2.05) is 6.92 Å². The van der Waals surface area contributed by atoms with Crippen molar-refractivity contribution in [3.05, 3.63) is 24.0 Å². The third-order valence-corrected chi connectivity index (χ3v) is 11.1. The number of hydrogen-bond donors (Lipinski definition) is 1. The van der Waals surface area contributed by atoms with Gasteiger partial charge >= 0.3 is 0 Å². The molecule has 5 nitrogen and oxygen atoms in total. The smallest absolute Gasteiger partial charge is 0.157 e. The van der Waals surface area contributed by atoms with Gasteiger partial charge in [-0.15, -0.1) is 5.10 Å². The summed E-state index contributed by atoms with van der Waals surface area (Å²) in [5.41, 5.74) is 0.708. The molecule has 8 atom stereocenters. The Balaban J connectivity index is 1.22. The van der Waals surface area contributed by atoms with Crippen LogP contribution in [0.25, 0.3) is 11.0 Å². The molecule has 4 fully saturated rings. The lowest BCUT2D eigenvalue weighted by atomic mass is 9.44. The molecule has 0 aliphatic heterocycles. The predicted molar refractivity (Wildman–Crippen MR) is 128 cm³/mol. The maximum atomic E-state index is 14.1. The van der Waals surface area contributed by atoms with Crippen LogP contribution < -0.4 is 0 Å². The number of rotatable bonds is 3. The molecular weight excluding hydrogens is 429 g/mol. The van der Waals surface area contributed by atoms with Crippen LogP contribution in [0.4, 0.5) is 4.39 Å². The van der Waals surface area contributed by atoms with E-state index in [0.29, 0.717) is 28.7 Å². The first-order valence-electron chi connectivity index (χ1n) is 13.4. The van der Waals surface area contributed by atoms with Gasteiger partial charge in [-0.1, -0.05) is 25.1 Å². The molecule has 0 unspecified atom stereocenters. The number of ketones is 1. The molecule has 2 aromatic rings. The normalized spacial score (nSPS) is 43.9. The lowest BCUT2D eigenvalue weighted by Gasteiger charge is -2.61. The van der Waals surface area contributed by atoms with Gasteiger partial charge in [0.15, 0.2) is 11.6 Å². The molecule has 4 aliphatic carbocycles. The number of aromatic nitrogens is 3. The molecule has 1 aromatic carbocycles. The highest BCUT2D eigenvalue weighted by Crippen LogP contribution is 2.68. The minimum Gasteiger partial charge on any atom is -0.390 e. The summed E-state index contributed by atoms with van der Waals surface area (Å²) in [6.45, 7) is 7.09. The van der Waals surface area contributed by atoms with Gasteiger partial charge in [0.25, 0.3) is 0 Å². The first-order chi connectivity index (χ1) is 16.1. The molecule has 6 heteroatoms. The van der Waals surface area contributed by atoms with Crippen LogP contribution in [0.15, 0.2) is 18.2 Å². The van der Waals surface area contributed by atoms with Crippen molar-refractivity contribution in [1.29, 1.82) is 0 Å². The molecule has 0 bridgehead atoms. The van der Waals surface area contributed by atoms with Crippen molar-refractivity contribution in [2.45, 2.75) is 90.7 Å². The van der Waals surface area contributed by atoms with Gasteiger partial charge in [-0.05, 0) is 111 Å². The highest BCUT2D eigenvalue weighted by molar-refractivity contribution is 5.84. The van der Waals surface area contributed by atoms with E-state index >= 15 is 0 Å². The highest BCUT2D eigenvalue weighted by atomic mass is 19.1. The van der Waals surface area contributed by atoms with Crippen LogP contribution in [0.3, 0.4) is 0 Å². The van der Waals surface area contributed by atoms with Gasteiger partial charge in [0.2, 0.25) is 0 Å². The Bertz CT molecular complexity index is 1130. The number of halogens is 1. The fourth-order valence-electron chi connectivity index (χ4n) is 9.29. The van der Waals surface area contributed by atoms with Gasteiger partial charge in [-0.3, -0.25) is 4.79 Å². The summed E-state index contributed by atoms with van der Waals surface area (Å²) in [6, 6.07) is 4.82. The Labute approximate surface area is 201 Å². The van der Waals surface area contributed by atoms with E-state index in [2.05, 4.69) is 24.2 Å². The van der Waals surface area contributed by atoms with Crippen molar-refractivity contribution in [3.63, 3.8) is 0 Å². The zero-order valence-corrected chi connectivity index (χ0v) is 20.8. The first-order valence-corrected chi connectivity index (χ1v) is 13.4. The zero-order chi connectivity index (χ0) is 23.9. The van der Waals surface area contributed by atoms with Crippen LogP contribution >= 0.6 is 0 Å². The molecule has 0 spiro atoms. The van der Waals surface area contributed by atoms with Crippen LogP contribution in [-0.4, -0.2) is 31.5 Å². The van der Waals surface area contributed by atoms with E-state index < -0.39 is 11.4 Å². The first kappa shape index (κ1) is 22.6. The molecule has 1 aromatic heterocycles. The van der Waals surface area contributed by atoms with Gasteiger partial charge in [0.1, 0.15) is 12.1 Å². The van der Waals surface area contributed by atoms with Gasteiger partial charge < -0.3 is 5.11 Å². The lowest BCUT2D eigenvalue weighted by molar-refractivity contribution is -0.151. The number of aliphatic hydroxyl groups is 1. The average molecular weight is 468 g/mol. The SMILES string of the molecule is C[C@@]1(O)CC[C@@]2(C)[C@@H](CC[C@@H]3[C@@H]2CC[C@]2(C)[C@@H](C(=O)Cn4nnc5c(F)cccc54)CC[C@@H]32)C1. The van der Waals surface area contributed by atoms with Gasteiger partial charge in [0.05, 0.1) is 11.1 Å². The second-order valence-corrected chi connectivity index (χ2v) is 12.9. The minimum absolute atomic E-state index is 0.0449. The maximum absolute atomic E-state index is 14.1. The van der Waals surface area contributed by atoms with Gasteiger partial charge in [-0.2, -0.15) is 0 Å². The molecule has 184 valence electrons. The Hall–Kier alpha value is -1.82. The number of carbonyl (C=O) groups is 1. The molecule has 6 rings (SSSR count). The van der Waals surface area contributed by atoms with Crippen molar-refractivity contribution in [1.82, 2.24) is 15.0 Å². The fourth-order valence-corrected chi connectivity index (χ4v) is 9.29. The average Bonchev–Trinajstić information content (AvgIpc) is 3.36. The number of Topliss-reactive ketones (excluding diaryl/α,β-unsaturated/α-hetero) is 1. The number of carbonyl (C=O) groups excluding carboxylic acids is 1. The summed E-state index contributed by atoms with van der Waals surface area (Å²) in [5.74, 6) is 2.53. The summed E-state index contributed by atoms with van der Waals surface area (Å²) < 4.78 is 15.6. The lowest BCUT2D eigenvalue weighted by Crippen LogP contribution is -2.55. The monoisotopic (exact) mass is 467 g/mol. The van der Waals surface area contributed by atoms with E-state index in [-0.39, 0.29) is 29.2 Å². The minimum atomic E-state index is -0.500. The van der Waals surface area contributed by atoms with Crippen molar-refractivity contribution >= 4 is 16.8 Å². The fraction of sp³-hybridized carbons (Fsp3) is 0.750. The number of fused-ring (bicyclic) bond motifs is 6. The van der Waals surface area contributed by atoms with Crippen molar-refractivity contribution in [2.75, 3.05) is 0 Å². The summed E-state index contributed by atoms with van der Waals surface area (Å²) in [7, 11) is 0. The standard InChI is InChI=1S/C28H38FN3O2/c1-26(34)13-14-27(2)17(15-26)7-8-18-19-9-10-21(28(19,3)12-11-20(18)27)24(33)16-32-23-6-4-5-22(29)25(23)30-31-32/h4-6,17-21,34H,7-16H2,1-3H3/t17-,18-,19-,20-,21+,26+,27-,28-/m0/s1. The van der Waals surface area contributed by atoms with E-state index in [9.17, 15) is 14.3 Å². The van der Waals surface area contributed by atoms with E-state index in [1.54, 1.807) is 16.8 Å². The van der Waals surface area contributed by atoms with E-state index in [0.717, 1.165) is 44.4 Å². The van der Waals surface area contributed by atoms with Crippen molar-refractivity contribution < 1.29 is 14.3 Å². The summed E-state index contributed by atoms with van der Waals surface area (Å²) in [4.78, 5) is 13.6. The Morgan fingerprint density at radius 1 is 1.06 bits per heavy atom. The molecular formula is C28H38FN3O2. The number of hydrogen-bond acceptors (Lipinski definition) is 4. The summed E-state index contributed by atoms with van der Waals surface area (Å²) in [5, 5.41) is 18.8. The summed E-state index contributed by atoms with van der Waals surface area (Å²) in [6.07, 6.45) is 9.87. The predicted octanol–water partition coefficient (Wildman–Crippen LogP) is 5.55.